The van der Waals surface area contributed by atoms with E-state index in [-0.39, 0.29) is 18.5 Å². The zero-order chi connectivity index (χ0) is 41.5. The normalized spacial score (nSPS) is 12.7. The van der Waals surface area contributed by atoms with Gasteiger partial charge in [-0.15, -0.1) is 0 Å². The van der Waals surface area contributed by atoms with E-state index in [1.54, 1.807) is 0 Å². The van der Waals surface area contributed by atoms with Gasteiger partial charge in [0.25, 0.3) is 0 Å². The summed E-state index contributed by atoms with van der Waals surface area (Å²) in [6.07, 6.45) is 53.3. The van der Waals surface area contributed by atoms with Crippen molar-refractivity contribution >= 4 is 11.9 Å². The first-order valence-electron chi connectivity index (χ1n) is 25.4. The van der Waals surface area contributed by atoms with Gasteiger partial charge in [-0.3, -0.25) is 9.59 Å². The Bertz CT molecular complexity index is 847. The predicted molar refractivity (Wildman–Crippen MR) is 246 cm³/mol. The van der Waals surface area contributed by atoms with E-state index < -0.39 is 12.1 Å². The summed E-state index contributed by atoms with van der Waals surface area (Å²) in [6, 6.07) is -0.548. The fourth-order valence-electron chi connectivity index (χ4n) is 7.87. The van der Waals surface area contributed by atoms with Crippen LogP contribution in [0.3, 0.4) is 0 Å². The van der Waals surface area contributed by atoms with Crippen LogP contribution in [-0.4, -0.2) is 47.4 Å². The molecule has 6 nitrogen and oxygen atoms in total. The average Bonchev–Trinajstić information content (AvgIpc) is 3.21. The van der Waals surface area contributed by atoms with Gasteiger partial charge >= 0.3 is 5.97 Å². The van der Waals surface area contributed by atoms with Crippen LogP contribution in [0.2, 0.25) is 0 Å². The van der Waals surface area contributed by atoms with Crippen LogP contribution in [0.15, 0.2) is 12.2 Å². The van der Waals surface area contributed by atoms with Crippen LogP contribution < -0.4 is 5.32 Å². The molecule has 3 N–H and O–H groups in total. The topological polar surface area (TPSA) is 95.9 Å². The lowest BCUT2D eigenvalue weighted by atomic mass is 10.0. The van der Waals surface area contributed by atoms with E-state index in [0.717, 1.165) is 57.8 Å². The van der Waals surface area contributed by atoms with Gasteiger partial charge < -0.3 is 20.3 Å². The number of carbonyl (C=O) groups is 2. The minimum Gasteiger partial charge on any atom is -0.466 e. The molecule has 1 amide bonds. The number of allylic oxidation sites excluding steroid dienone is 2. The number of hydrogen-bond acceptors (Lipinski definition) is 5. The number of ether oxygens (including phenoxy) is 1. The highest BCUT2D eigenvalue weighted by Gasteiger charge is 2.20. The monoisotopic (exact) mass is 806 g/mol. The minimum atomic E-state index is -0.669. The third-order valence-corrected chi connectivity index (χ3v) is 11.8. The maximum absolute atomic E-state index is 12.4. The molecule has 0 bridgehead atoms. The second kappa shape index (κ2) is 47.3. The van der Waals surface area contributed by atoms with Gasteiger partial charge in [0.15, 0.2) is 0 Å². The Morgan fingerprint density at radius 3 is 1.25 bits per heavy atom. The molecule has 0 aliphatic rings. The number of aliphatic hydroxyl groups excluding tert-OH is 2. The molecule has 0 fully saturated rings. The summed E-state index contributed by atoms with van der Waals surface area (Å²) in [4.78, 5) is 24.4. The smallest absolute Gasteiger partial charge is 0.305 e. The van der Waals surface area contributed by atoms with Crippen LogP contribution in [0.25, 0.3) is 0 Å². The highest BCUT2D eigenvalue weighted by molar-refractivity contribution is 5.76. The summed E-state index contributed by atoms with van der Waals surface area (Å²) in [7, 11) is 0. The zero-order valence-electron chi connectivity index (χ0n) is 38.3. The van der Waals surface area contributed by atoms with Crippen molar-refractivity contribution in [3.63, 3.8) is 0 Å². The molecule has 57 heavy (non-hydrogen) atoms. The molecule has 0 aromatic carbocycles. The average molecular weight is 806 g/mol. The van der Waals surface area contributed by atoms with E-state index in [2.05, 4.69) is 31.3 Å². The Labute approximate surface area is 355 Å². The van der Waals surface area contributed by atoms with E-state index in [0.29, 0.717) is 25.9 Å². The minimum absolute atomic E-state index is 0.00345. The molecule has 0 rings (SSSR count). The van der Waals surface area contributed by atoms with E-state index in [1.165, 1.54) is 186 Å². The summed E-state index contributed by atoms with van der Waals surface area (Å²) in [5, 5.41) is 23.1. The fourth-order valence-corrected chi connectivity index (χ4v) is 7.87. The summed E-state index contributed by atoms with van der Waals surface area (Å²) < 4.78 is 5.45. The number of esters is 1. The lowest BCUT2D eigenvalue weighted by Crippen LogP contribution is -2.45. The second-order valence-electron chi connectivity index (χ2n) is 17.5. The van der Waals surface area contributed by atoms with E-state index in [9.17, 15) is 19.8 Å². The molecule has 0 aliphatic heterocycles. The molecule has 0 saturated carbocycles. The molecule has 0 aromatic heterocycles. The maximum atomic E-state index is 12.4. The Balaban J connectivity index is 3.43. The second-order valence-corrected chi connectivity index (χ2v) is 17.5. The number of unbranched alkanes of at least 4 members (excludes halogenated alkanes) is 34. The van der Waals surface area contributed by atoms with Crippen molar-refractivity contribution in [2.24, 2.45) is 0 Å². The molecule has 2 atom stereocenters. The Morgan fingerprint density at radius 2 is 0.825 bits per heavy atom. The van der Waals surface area contributed by atoms with E-state index in [1.807, 2.05) is 0 Å². The third-order valence-electron chi connectivity index (χ3n) is 11.8. The van der Waals surface area contributed by atoms with Gasteiger partial charge in [0, 0.05) is 12.8 Å². The zero-order valence-corrected chi connectivity index (χ0v) is 38.3. The first-order valence-corrected chi connectivity index (χ1v) is 25.4. The number of hydrogen-bond donors (Lipinski definition) is 3. The quantitative estimate of drug-likeness (QED) is 0.0323. The number of aliphatic hydroxyl groups is 2. The van der Waals surface area contributed by atoms with Gasteiger partial charge in [-0.25, -0.2) is 0 Å². The molecule has 0 spiro atoms. The summed E-state index contributed by atoms with van der Waals surface area (Å²) in [5.41, 5.74) is 0. The first kappa shape index (κ1) is 55.6. The lowest BCUT2D eigenvalue weighted by molar-refractivity contribution is -0.143. The van der Waals surface area contributed by atoms with Gasteiger partial charge in [-0.1, -0.05) is 225 Å². The molecular formula is C51H99NO5. The van der Waals surface area contributed by atoms with Crippen LogP contribution in [-0.2, 0) is 14.3 Å². The van der Waals surface area contributed by atoms with Crippen LogP contribution >= 0.6 is 0 Å². The van der Waals surface area contributed by atoms with Gasteiger partial charge in [0.2, 0.25) is 5.91 Å². The molecule has 6 heteroatoms. The third kappa shape index (κ3) is 44.0. The maximum Gasteiger partial charge on any atom is 0.305 e. The highest BCUT2D eigenvalue weighted by Crippen LogP contribution is 2.16. The largest absolute Gasteiger partial charge is 0.466 e. The van der Waals surface area contributed by atoms with Crippen molar-refractivity contribution in [2.45, 2.75) is 289 Å². The fraction of sp³-hybridized carbons (Fsp3) is 0.922. The lowest BCUT2D eigenvalue weighted by Gasteiger charge is -2.22. The Hall–Kier alpha value is -1.40. The van der Waals surface area contributed by atoms with E-state index in [4.69, 9.17) is 4.74 Å². The Morgan fingerprint density at radius 1 is 0.474 bits per heavy atom. The SMILES string of the molecule is CCCCCCCCCCCCCCC(=O)OCCCCCCCCCCC/C=C\CCCCCCCC(=O)NC(CO)C(O)CCCCCCCCCCCC. The summed E-state index contributed by atoms with van der Waals surface area (Å²) in [6.45, 7) is 4.92. The van der Waals surface area contributed by atoms with Crippen molar-refractivity contribution in [3.05, 3.63) is 12.2 Å². The molecule has 0 aliphatic carbocycles. The van der Waals surface area contributed by atoms with Crippen LogP contribution in [0.1, 0.15) is 277 Å². The summed E-state index contributed by atoms with van der Waals surface area (Å²) in [5.74, 6) is -0.0473. The van der Waals surface area contributed by atoms with Gasteiger partial charge in [0.1, 0.15) is 0 Å². The van der Waals surface area contributed by atoms with Gasteiger partial charge in [0.05, 0.1) is 25.4 Å². The first-order chi connectivity index (χ1) is 28.0. The molecule has 0 radical (unpaired) electrons. The van der Waals surface area contributed by atoms with Gasteiger partial charge in [-0.2, -0.15) is 0 Å². The molecule has 0 heterocycles. The van der Waals surface area contributed by atoms with Crippen LogP contribution in [0.4, 0.5) is 0 Å². The standard InChI is InChI=1S/C51H99NO5/c1-3-5-7-9-11-13-15-25-29-33-37-41-45-51(56)57-46-42-38-34-30-26-23-21-19-17-16-18-20-22-24-28-32-36-40-44-50(55)52-48(47-53)49(54)43-39-35-31-27-14-12-10-8-6-4-2/h18,20,48-49,53-54H,3-17,19,21-47H2,1-2H3,(H,52,55)/b20-18-. The van der Waals surface area contributed by atoms with Crippen LogP contribution in [0, 0.1) is 0 Å². The Kier molecular flexibility index (Phi) is 46.1. The molecule has 338 valence electrons. The molecule has 0 saturated heterocycles. The van der Waals surface area contributed by atoms with Crippen molar-refractivity contribution in [3.8, 4) is 0 Å². The van der Waals surface area contributed by atoms with Gasteiger partial charge in [-0.05, 0) is 51.4 Å². The molecule has 0 aromatic rings. The molecular weight excluding hydrogens is 707 g/mol. The summed E-state index contributed by atoms with van der Waals surface area (Å²) >= 11 is 0. The number of amides is 1. The van der Waals surface area contributed by atoms with Crippen molar-refractivity contribution in [2.75, 3.05) is 13.2 Å². The predicted octanol–water partition coefficient (Wildman–Crippen LogP) is 15.0. The molecule has 2 unspecified atom stereocenters. The van der Waals surface area contributed by atoms with Crippen molar-refractivity contribution < 1.29 is 24.5 Å². The van der Waals surface area contributed by atoms with Crippen molar-refractivity contribution in [1.82, 2.24) is 5.32 Å². The number of nitrogens with one attached hydrogen (secondary N) is 1. The van der Waals surface area contributed by atoms with Crippen molar-refractivity contribution in [1.29, 1.82) is 0 Å². The van der Waals surface area contributed by atoms with Crippen LogP contribution in [0.5, 0.6) is 0 Å². The highest BCUT2D eigenvalue weighted by atomic mass is 16.5. The number of rotatable bonds is 47. The number of carbonyl (C=O) groups excluding carboxylic acids is 2. The van der Waals surface area contributed by atoms with E-state index >= 15 is 0 Å².